The molecule has 2 nitrogen and oxygen atoms in total. The van der Waals surface area contributed by atoms with Crippen molar-refractivity contribution in [2.45, 2.75) is 32.6 Å². The average molecular weight is 243 g/mol. The van der Waals surface area contributed by atoms with Gasteiger partial charge in [-0.2, -0.15) is 0 Å². The lowest BCUT2D eigenvalue weighted by Gasteiger charge is -2.26. The number of aryl methyl sites for hydroxylation is 1. The first-order valence-corrected chi connectivity index (χ1v) is 7.07. The van der Waals surface area contributed by atoms with Crippen molar-refractivity contribution in [3.63, 3.8) is 0 Å². The molecule has 2 aliphatic carbocycles. The quantitative estimate of drug-likeness (QED) is 0.713. The Balaban J connectivity index is 1.79. The lowest BCUT2D eigenvalue weighted by molar-refractivity contribution is 0.112. The zero-order valence-corrected chi connectivity index (χ0v) is 11.1. The first-order chi connectivity index (χ1) is 8.76. The fourth-order valence-electron chi connectivity index (χ4n) is 2.60. The lowest BCUT2D eigenvalue weighted by atomic mass is 10.1. The number of aldehydes is 1. The van der Waals surface area contributed by atoms with Gasteiger partial charge in [0.2, 0.25) is 0 Å². The Morgan fingerprint density at radius 2 is 1.78 bits per heavy atom. The van der Waals surface area contributed by atoms with Gasteiger partial charge < -0.3 is 4.90 Å². The van der Waals surface area contributed by atoms with Crippen LogP contribution in [-0.4, -0.2) is 19.4 Å². The van der Waals surface area contributed by atoms with Crippen LogP contribution < -0.4 is 4.90 Å². The van der Waals surface area contributed by atoms with E-state index < -0.39 is 0 Å². The zero-order chi connectivity index (χ0) is 12.5. The fourth-order valence-corrected chi connectivity index (χ4v) is 2.60. The maximum Gasteiger partial charge on any atom is 0.150 e. The molecule has 2 aliphatic rings. The lowest BCUT2D eigenvalue weighted by Crippen LogP contribution is -2.28. The Kier molecular flexibility index (Phi) is 3.11. The summed E-state index contributed by atoms with van der Waals surface area (Å²) in [6.07, 6.45) is 6.52. The van der Waals surface area contributed by atoms with Gasteiger partial charge >= 0.3 is 0 Å². The summed E-state index contributed by atoms with van der Waals surface area (Å²) in [6, 6.07) is 6.08. The van der Waals surface area contributed by atoms with E-state index in [1.54, 1.807) is 0 Å². The molecule has 1 aromatic carbocycles. The molecule has 18 heavy (non-hydrogen) atoms. The summed E-state index contributed by atoms with van der Waals surface area (Å²) >= 11 is 0. The van der Waals surface area contributed by atoms with Crippen molar-refractivity contribution in [2.75, 3.05) is 18.0 Å². The van der Waals surface area contributed by atoms with E-state index in [0.717, 1.165) is 23.7 Å². The summed E-state index contributed by atoms with van der Waals surface area (Å²) in [5, 5.41) is 0. The van der Waals surface area contributed by atoms with Crippen molar-refractivity contribution < 1.29 is 4.79 Å². The molecule has 2 fully saturated rings. The molecule has 96 valence electrons. The van der Waals surface area contributed by atoms with Gasteiger partial charge in [-0.3, -0.25) is 4.79 Å². The molecular formula is C16H21NO. The Bertz CT molecular complexity index is 432. The Morgan fingerprint density at radius 1 is 1.17 bits per heavy atom. The standard InChI is InChI=1S/C16H21NO/c1-12-8-15(11-18)6-7-16(12)17(9-13-2-3-13)10-14-4-5-14/h6-8,11,13-14H,2-5,9-10H2,1H3. The smallest absolute Gasteiger partial charge is 0.150 e. The number of carbonyl (C=O) groups excluding carboxylic acids is 1. The molecule has 0 atom stereocenters. The SMILES string of the molecule is Cc1cc(C=O)ccc1N(CC1CC1)CC1CC1. The molecule has 0 spiro atoms. The number of hydrogen-bond acceptors (Lipinski definition) is 2. The zero-order valence-electron chi connectivity index (χ0n) is 11.1. The van der Waals surface area contributed by atoms with Crippen LogP contribution in [0.25, 0.3) is 0 Å². The predicted octanol–water partition coefficient (Wildman–Crippen LogP) is 3.43. The van der Waals surface area contributed by atoms with Gasteiger partial charge in [0.1, 0.15) is 6.29 Å². The summed E-state index contributed by atoms with van der Waals surface area (Å²) in [4.78, 5) is 13.4. The molecule has 0 aliphatic heterocycles. The average Bonchev–Trinajstić information content (AvgIpc) is 3.23. The van der Waals surface area contributed by atoms with Crippen molar-refractivity contribution in [1.82, 2.24) is 0 Å². The van der Waals surface area contributed by atoms with Crippen LogP contribution in [0.3, 0.4) is 0 Å². The van der Waals surface area contributed by atoms with Crippen LogP contribution in [0.4, 0.5) is 5.69 Å². The van der Waals surface area contributed by atoms with E-state index >= 15 is 0 Å². The predicted molar refractivity (Wildman–Crippen MR) is 74.2 cm³/mol. The molecule has 2 heteroatoms. The summed E-state index contributed by atoms with van der Waals surface area (Å²) in [5.74, 6) is 1.82. The largest absolute Gasteiger partial charge is 0.371 e. The number of nitrogens with zero attached hydrogens (tertiary/aromatic N) is 1. The molecule has 0 aromatic heterocycles. The van der Waals surface area contributed by atoms with Gasteiger partial charge in [0.15, 0.2) is 0 Å². The highest BCUT2D eigenvalue weighted by molar-refractivity contribution is 5.77. The van der Waals surface area contributed by atoms with E-state index in [9.17, 15) is 4.79 Å². The van der Waals surface area contributed by atoms with Crippen molar-refractivity contribution in [3.8, 4) is 0 Å². The Labute approximate surface area is 109 Å². The van der Waals surface area contributed by atoms with Crippen molar-refractivity contribution in [2.24, 2.45) is 11.8 Å². The van der Waals surface area contributed by atoms with Crippen LogP contribution in [0.15, 0.2) is 18.2 Å². The highest BCUT2D eigenvalue weighted by Gasteiger charge is 2.29. The van der Waals surface area contributed by atoms with Crippen LogP contribution in [0.2, 0.25) is 0 Å². The van der Waals surface area contributed by atoms with E-state index in [1.807, 2.05) is 12.1 Å². The molecule has 0 amide bonds. The van der Waals surface area contributed by atoms with E-state index in [1.165, 1.54) is 50.0 Å². The van der Waals surface area contributed by atoms with Gasteiger partial charge in [0.05, 0.1) is 0 Å². The summed E-state index contributed by atoms with van der Waals surface area (Å²) in [7, 11) is 0. The normalized spacial score (nSPS) is 18.7. The topological polar surface area (TPSA) is 20.3 Å². The van der Waals surface area contributed by atoms with E-state index in [-0.39, 0.29) is 0 Å². The number of rotatable bonds is 6. The number of hydrogen-bond donors (Lipinski definition) is 0. The van der Waals surface area contributed by atoms with Crippen LogP contribution in [0.1, 0.15) is 41.6 Å². The van der Waals surface area contributed by atoms with E-state index in [4.69, 9.17) is 0 Å². The third-order valence-corrected chi connectivity index (χ3v) is 4.05. The van der Waals surface area contributed by atoms with Gasteiger partial charge in [-0.25, -0.2) is 0 Å². The molecule has 0 heterocycles. The number of anilines is 1. The van der Waals surface area contributed by atoms with Crippen molar-refractivity contribution in [3.05, 3.63) is 29.3 Å². The van der Waals surface area contributed by atoms with Crippen LogP contribution >= 0.6 is 0 Å². The van der Waals surface area contributed by atoms with E-state index in [0.29, 0.717) is 0 Å². The third kappa shape index (κ3) is 2.74. The maximum atomic E-state index is 10.8. The van der Waals surface area contributed by atoms with Crippen LogP contribution in [0, 0.1) is 18.8 Å². The van der Waals surface area contributed by atoms with Gasteiger partial charge in [0.25, 0.3) is 0 Å². The molecule has 0 saturated heterocycles. The second-order valence-electron chi connectivity index (χ2n) is 5.96. The molecule has 0 N–H and O–H groups in total. The molecule has 3 rings (SSSR count). The third-order valence-electron chi connectivity index (χ3n) is 4.05. The van der Waals surface area contributed by atoms with Gasteiger partial charge in [0, 0.05) is 24.3 Å². The maximum absolute atomic E-state index is 10.8. The van der Waals surface area contributed by atoms with Gasteiger partial charge in [-0.05, 0) is 68.2 Å². The van der Waals surface area contributed by atoms with Gasteiger partial charge in [-0.15, -0.1) is 0 Å². The second-order valence-corrected chi connectivity index (χ2v) is 5.96. The molecule has 1 aromatic rings. The van der Waals surface area contributed by atoms with Crippen LogP contribution in [0.5, 0.6) is 0 Å². The second kappa shape index (κ2) is 4.75. The highest BCUT2D eigenvalue weighted by atomic mass is 16.1. The molecule has 0 radical (unpaired) electrons. The van der Waals surface area contributed by atoms with Crippen molar-refractivity contribution in [1.29, 1.82) is 0 Å². The number of benzene rings is 1. The molecule has 2 saturated carbocycles. The Hall–Kier alpha value is -1.31. The minimum atomic E-state index is 0.786. The summed E-state index contributed by atoms with van der Waals surface area (Å²) in [6.45, 7) is 4.53. The first kappa shape index (κ1) is 11.8. The first-order valence-electron chi connectivity index (χ1n) is 7.07. The van der Waals surface area contributed by atoms with Gasteiger partial charge in [-0.1, -0.05) is 0 Å². The fraction of sp³-hybridized carbons (Fsp3) is 0.562. The van der Waals surface area contributed by atoms with Crippen LogP contribution in [-0.2, 0) is 0 Å². The minimum Gasteiger partial charge on any atom is -0.371 e. The molecular weight excluding hydrogens is 222 g/mol. The summed E-state index contributed by atoms with van der Waals surface area (Å²) < 4.78 is 0. The monoisotopic (exact) mass is 243 g/mol. The minimum absolute atomic E-state index is 0.786. The molecule has 0 unspecified atom stereocenters. The Morgan fingerprint density at radius 3 is 2.22 bits per heavy atom. The molecule has 0 bridgehead atoms. The summed E-state index contributed by atoms with van der Waals surface area (Å²) in [5.41, 5.74) is 3.36. The van der Waals surface area contributed by atoms with E-state index in [2.05, 4.69) is 17.9 Å². The highest BCUT2D eigenvalue weighted by Crippen LogP contribution is 2.36. The number of carbonyl (C=O) groups is 1. The van der Waals surface area contributed by atoms with Crippen molar-refractivity contribution >= 4 is 12.0 Å².